The molecular formula is C16H26N2O3. The number of carbonyl (C=O) groups excluding carboxylic acids is 2. The summed E-state index contributed by atoms with van der Waals surface area (Å²) >= 11 is 0. The third-order valence-corrected chi connectivity index (χ3v) is 4.89. The second kappa shape index (κ2) is 5.79. The number of ether oxygens (including phenoxy) is 1. The molecule has 0 N–H and O–H groups in total. The number of amides is 2. The first-order valence-corrected chi connectivity index (χ1v) is 7.67. The van der Waals surface area contributed by atoms with E-state index in [0.29, 0.717) is 13.1 Å². The highest BCUT2D eigenvalue weighted by Crippen LogP contribution is 2.47. The fraction of sp³-hybridized carbons (Fsp3) is 0.750. The lowest BCUT2D eigenvalue weighted by Gasteiger charge is -2.32. The zero-order chi connectivity index (χ0) is 15.9. The van der Waals surface area contributed by atoms with Crippen molar-refractivity contribution in [1.29, 1.82) is 0 Å². The first-order valence-electron chi connectivity index (χ1n) is 7.67. The fourth-order valence-electron chi connectivity index (χ4n) is 3.51. The van der Waals surface area contributed by atoms with E-state index in [9.17, 15) is 9.59 Å². The Kier molecular flexibility index (Phi) is 4.42. The van der Waals surface area contributed by atoms with E-state index in [1.807, 2.05) is 27.7 Å². The second-order valence-electron chi connectivity index (χ2n) is 6.14. The molecule has 0 aromatic rings. The molecule has 5 heteroatoms. The van der Waals surface area contributed by atoms with Crippen molar-refractivity contribution in [2.45, 2.75) is 39.9 Å². The molecular weight excluding hydrogens is 268 g/mol. The molecule has 2 aliphatic heterocycles. The first kappa shape index (κ1) is 16.0. The maximum atomic E-state index is 12.8. The van der Waals surface area contributed by atoms with E-state index in [4.69, 9.17) is 4.74 Å². The summed E-state index contributed by atoms with van der Waals surface area (Å²) < 4.78 is 5.98. The van der Waals surface area contributed by atoms with Crippen molar-refractivity contribution in [2.24, 2.45) is 11.8 Å². The van der Waals surface area contributed by atoms with Gasteiger partial charge in [0.15, 0.2) is 0 Å². The van der Waals surface area contributed by atoms with E-state index in [0.717, 1.165) is 11.1 Å². The third kappa shape index (κ3) is 2.37. The molecule has 0 spiro atoms. The molecule has 0 aliphatic carbocycles. The lowest BCUT2D eigenvalue weighted by molar-refractivity contribution is -0.144. The van der Waals surface area contributed by atoms with E-state index >= 15 is 0 Å². The molecule has 2 amide bonds. The van der Waals surface area contributed by atoms with Crippen molar-refractivity contribution in [3.05, 3.63) is 11.1 Å². The molecule has 2 aliphatic rings. The van der Waals surface area contributed by atoms with Crippen LogP contribution in [0.3, 0.4) is 0 Å². The number of nitrogens with zero attached hydrogens (tertiary/aromatic N) is 2. The lowest BCUT2D eigenvalue weighted by Crippen LogP contribution is -2.48. The summed E-state index contributed by atoms with van der Waals surface area (Å²) in [6, 6.07) is 0. The second-order valence-corrected chi connectivity index (χ2v) is 6.14. The van der Waals surface area contributed by atoms with Crippen LogP contribution >= 0.6 is 0 Å². The van der Waals surface area contributed by atoms with Crippen LogP contribution in [0.25, 0.3) is 0 Å². The van der Waals surface area contributed by atoms with Gasteiger partial charge in [-0.15, -0.1) is 0 Å². The van der Waals surface area contributed by atoms with Gasteiger partial charge in [0, 0.05) is 27.2 Å². The molecule has 0 aromatic carbocycles. The Morgan fingerprint density at radius 3 is 1.76 bits per heavy atom. The predicted molar refractivity (Wildman–Crippen MR) is 80.6 cm³/mol. The highest BCUT2D eigenvalue weighted by atomic mass is 16.5. The van der Waals surface area contributed by atoms with Gasteiger partial charge in [-0.1, -0.05) is 0 Å². The first-order chi connectivity index (χ1) is 9.84. The Balaban J connectivity index is 2.38. The van der Waals surface area contributed by atoms with Crippen LogP contribution in [0, 0.1) is 11.8 Å². The Morgan fingerprint density at radius 1 is 0.952 bits per heavy atom. The average Bonchev–Trinajstić information content (AvgIpc) is 2.96. The monoisotopic (exact) mass is 294 g/mol. The average molecular weight is 294 g/mol. The molecule has 21 heavy (non-hydrogen) atoms. The van der Waals surface area contributed by atoms with Gasteiger partial charge in [0.2, 0.25) is 11.8 Å². The summed E-state index contributed by atoms with van der Waals surface area (Å²) in [5.74, 6) is -0.741. The molecule has 2 rings (SSSR count). The molecule has 2 bridgehead atoms. The molecule has 1 fully saturated rings. The maximum absolute atomic E-state index is 12.8. The molecule has 0 saturated carbocycles. The van der Waals surface area contributed by atoms with E-state index in [-0.39, 0.29) is 35.9 Å². The Morgan fingerprint density at radius 2 is 1.38 bits per heavy atom. The predicted octanol–water partition coefficient (Wildman–Crippen LogP) is 1.29. The Bertz CT molecular complexity index is 480. The van der Waals surface area contributed by atoms with Crippen LogP contribution in [0.2, 0.25) is 0 Å². The molecule has 0 radical (unpaired) electrons. The number of carbonyl (C=O) groups is 2. The van der Waals surface area contributed by atoms with Crippen LogP contribution in [-0.2, 0) is 14.3 Å². The number of rotatable bonds is 4. The third-order valence-electron chi connectivity index (χ3n) is 4.89. The van der Waals surface area contributed by atoms with Crippen LogP contribution in [0.5, 0.6) is 0 Å². The Labute approximate surface area is 126 Å². The standard InChI is InChI=1S/C16H26N2O3/c1-7-18(8-2)16(20)12-11(15(19)17(5)6)13-9(3)10(4)14(12)21-13/h11-14H,7-8H2,1-6H3. The van der Waals surface area contributed by atoms with Gasteiger partial charge >= 0.3 is 0 Å². The van der Waals surface area contributed by atoms with Gasteiger partial charge in [-0.05, 0) is 38.8 Å². The van der Waals surface area contributed by atoms with Gasteiger partial charge < -0.3 is 14.5 Å². The van der Waals surface area contributed by atoms with Gasteiger partial charge in [0.05, 0.1) is 24.0 Å². The Hall–Kier alpha value is -1.36. The molecule has 0 aromatic heterocycles. The molecule has 4 unspecified atom stereocenters. The molecule has 2 heterocycles. The fourth-order valence-corrected chi connectivity index (χ4v) is 3.51. The number of hydrogen-bond donors (Lipinski definition) is 0. The van der Waals surface area contributed by atoms with Gasteiger partial charge in [-0.3, -0.25) is 9.59 Å². The van der Waals surface area contributed by atoms with Crippen LogP contribution < -0.4 is 0 Å². The minimum Gasteiger partial charge on any atom is -0.365 e. The van der Waals surface area contributed by atoms with Crippen molar-refractivity contribution in [1.82, 2.24) is 9.80 Å². The van der Waals surface area contributed by atoms with Crippen LogP contribution in [0.15, 0.2) is 11.1 Å². The highest BCUT2D eigenvalue weighted by Gasteiger charge is 2.57. The van der Waals surface area contributed by atoms with Crippen LogP contribution in [0.1, 0.15) is 27.7 Å². The number of fused-ring (bicyclic) bond motifs is 2. The van der Waals surface area contributed by atoms with Gasteiger partial charge in [0.25, 0.3) is 0 Å². The van der Waals surface area contributed by atoms with Gasteiger partial charge in [-0.25, -0.2) is 0 Å². The normalized spacial score (nSPS) is 30.8. The molecule has 4 atom stereocenters. The largest absolute Gasteiger partial charge is 0.365 e. The lowest BCUT2D eigenvalue weighted by atomic mass is 9.75. The van der Waals surface area contributed by atoms with E-state index in [1.165, 1.54) is 0 Å². The summed E-state index contributed by atoms with van der Waals surface area (Å²) in [6.45, 7) is 9.27. The minimum atomic E-state index is -0.387. The zero-order valence-corrected chi connectivity index (χ0v) is 13.8. The van der Waals surface area contributed by atoms with E-state index in [2.05, 4.69) is 0 Å². The summed E-state index contributed by atoms with van der Waals surface area (Å²) in [4.78, 5) is 28.8. The molecule has 1 saturated heterocycles. The minimum absolute atomic E-state index is 0.0140. The van der Waals surface area contributed by atoms with Crippen molar-refractivity contribution >= 4 is 11.8 Å². The topological polar surface area (TPSA) is 49.9 Å². The summed E-state index contributed by atoms with van der Waals surface area (Å²) in [6.07, 6.45) is -0.480. The zero-order valence-electron chi connectivity index (χ0n) is 13.8. The summed E-state index contributed by atoms with van der Waals surface area (Å²) in [5.41, 5.74) is 2.23. The SMILES string of the molecule is CCN(CC)C(=O)C1C2OC(C(C)=C2C)C1C(=O)N(C)C. The smallest absolute Gasteiger partial charge is 0.229 e. The van der Waals surface area contributed by atoms with Gasteiger partial charge in [-0.2, -0.15) is 0 Å². The van der Waals surface area contributed by atoms with Gasteiger partial charge in [0.1, 0.15) is 0 Å². The highest BCUT2D eigenvalue weighted by molar-refractivity contribution is 5.90. The summed E-state index contributed by atoms with van der Waals surface area (Å²) in [7, 11) is 3.47. The summed E-state index contributed by atoms with van der Waals surface area (Å²) in [5, 5.41) is 0. The van der Waals surface area contributed by atoms with E-state index < -0.39 is 0 Å². The number of hydrogen-bond acceptors (Lipinski definition) is 3. The van der Waals surface area contributed by atoms with Crippen molar-refractivity contribution in [2.75, 3.05) is 27.2 Å². The van der Waals surface area contributed by atoms with E-state index in [1.54, 1.807) is 23.9 Å². The van der Waals surface area contributed by atoms with Crippen molar-refractivity contribution in [3.63, 3.8) is 0 Å². The quantitative estimate of drug-likeness (QED) is 0.734. The molecule has 118 valence electrons. The van der Waals surface area contributed by atoms with Crippen molar-refractivity contribution in [3.8, 4) is 0 Å². The van der Waals surface area contributed by atoms with Crippen LogP contribution in [0.4, 0.5) is 0 Å². The maximum Gasteiger partial charge on any atom is 0.229 e. The van der Waals surface area contributed by atoms with Crippen molar-refractivity contribution < 1.29 is 14.3 Å². The molecule has 5 nitrogen and oxygen atoms in total. The van der Waals surface area contributed by atoms with Crippen LogP contribution in [-0.4, -0.2) is 61.0 Å².